The Labute approximate surface area is 98.8 Å². The van der Waals surface area contributed by atoms with Gasteiger partial charge in [0.1, 0.15) is 0 Å². The zero-order valence-electron chi connectivity index (χ0n) is 9.49. The van der Waals surface area contributed by atoms with Crippen LogP contribution in [0, 0.1) is 0 Å². The third-order valence-corrected chi connectivity index (χ3v) is 3.01. The van der Waals surface area contributed by atoms with Crippen LogP contribution >= 0.6 is 11.8 Å². The number of amides is 1. The second-order valence-corrected chi connectivity index (χ2v) is 4.32. The van der Waals surface area contributed by atoms with E-state index in [0.29, 0.717) is 10.9 Å². The summed E-state index contributed by atoms with van der Waals surface area (Å²) in [5.41, 5.74) is 5.37. The maximum atomic E-state index is 11.5. The Kier molecular flexibility index (Phi) is 5.10. The number of nitrogens with two attached hydrogens (primary N) is 1. The zero-order valence-corrected chi connectivity index (χ0v) is 10.3. The first-order chi connectivity index (χ1) is 7.65. The van der Waals surface area contributed by atoms with Crippen LogP contribution in [-0.4, -0.2) is 32.9 Å². The van der Waals surface area contributed by atoms with Gasteiger partial charge in [0.2, 0.25) is 17.0 Å². The van der Waals surface area contributed by atoms with Gasteiger partial charge < -0.3 is 11.1 Å². The number of nitrogen functional groups attached to an aromatic ring is 1. The van der Waals surface area contributed by atoms with E-state index < -0.39 is 0 Å². The number of rotatable bonds is 6. The van der Waals surface area contributed by atoms with Gasteiger partial charge in [0.15, 0.2) is 0 Å². The van der Waals surface area contributed by atoms with Gasteiger partial charge in [-0.25, -0.2) is 5.10 Å². The molecule has 1 heterocycles. The number of thioether (sulfide) groups is 1. The van der Waals surface area contributed by atoms with Crippen LogP contribution in [0.1, 0.15) is 26.7 Å². The molecule has 1 aromatic heterocycles. The minimum absolute atomic E-state index is 0.00192. The molecule has 0 aliphatic carbocycles. The van der Waals surface area contributed by atoms with E-state index in [1.807, 2.05) is 0 Å². The molecule has 7 heteroatoms. The summed E-state index contributed by atoms with van der Waals surface area (Å²) in [6.07, 6.45) is 1.89. The van der Waals surface area contributed by atoms with Crippen LogP contribution in [0.3, 0.4) is 0 Å². The number of hydrogen-bond acceptors (Lipinski definition) is 5. The molecule has 16 heavy (non-hydrogen) atoms. The van der Waals surface area contributed by atoms with Gasteiger partial charge in [-0.2, -0.15) is 4.98 Å². The number of hydrogen-bond donors (Lipinski definition) is 3. The van der Waals surface area contributed by atoms with Crippen LogP contribution in [0.15, 0.2) is 5.16 Å². The quantitative estimate of drug-likeness (QED) is 0.642. The lowest BCUT2D eigenvalue weighted by Crippen LogP contribution is -2.35. The highest BCUT2D eigenvalue weighted by molar-refractivity contribution is 7.99. The van der Waals surface area contributed by atoms with Crippen molar-refractivity contribution in [1.29, 1.82) is 0 Å². The van der Waals surface area contributed by atoms with Gasteiger partial charge in [-0.15, -0.1) is 5.10 Å². The molecule has 0 bridgehead atoms. The number of H-pyrrole nitrogens is 1. The molecule has 0 saturated carbocycles. The van der Waals surface area contributed by atoms with Crippen LogP contribution in [0.5, 0.6) is 0 Å². The number of carbonyl (C=O) groups excluding carboxylic acids is 1. The van der Waals surface area contributed by atoms with Crippen LogP contribution < -0.4 is 11.1 Å². The molecule has 0 aromatic carbocycles. The average Bonchev–Trinajstić information content (AvgIpc) is 2.69. The largest absolute Gasteiger partial charge is 0.368 e. The average molecular weight is 243 g/mol. The normalized spacial score (nSPS) is 10.7. The van der Waals surface area contributed by atoms with Crippen molar-refractivity contribution >= 4 is 23.6 Å². The zero-order chi connectivity index (χ0) is 12.0. The van der Waals surface area contributed by atoms with Crippen molar-refractivity contribution in [2.75, 3.05) is 11.5 Å². The van der Waals surface area contributed by atoms with Crippen LogP contribution in [0.25, 0.3) is 0 Å². The van der Waals surface area contributed by atoms with Gasteiger partial charge in [-0.1, -0.05) is 25.6 Å². The molecule has 0 spiro atoms. The van der Waals surface area contributed by atoms with E-state index in [1.165, 1.54) is 11.8 Å². The summed E-state index contributed by atoms with van der Waals surface area (Å²) in [6, 6.07) is 0.255. The van der Waals surface area contributed by atoms with E-state index >= 15 is 0 Å². The number of anilines is 1. The van der Waals surface area contributed by atoms with E-state index in [-0.39, 0.29) is 17.9 Å². The molecule has 0 aliphatic heterocycles. The van der Waals surface area contributed by atoms with Crippen molar-refractivity contribution in [2.24, 2.45) is 0 Å². The summed E-state index contributed by atoms with van der Waals surface area (Å²) in [5.74, 6) is 0.582. The van der Waals surface area contributed by atoms with Crippen LogP contribution in [-0.2, 0) is 4.79 Å². The fourth-order valence-electron chi connectivity index (χ4n) is 1.21. The Bertz CT molecular complexity index is 336. The Hall–Kier alpha value is -1.24. The van der Waals surface area contributed by atoms with Crippen molar-refractivity contribution in [3.8, 4) is 0 Å². The standard InChI is InChI=1S/C9H17N5OS/c1-3-6(4-2)11-7(15)5-16-9-12-8(10)13-14-9/h6H,3-5H2,1-2H3,(H,11,15)(H3,10,12,13,14). The Morgan fingerprint density at radius 3 is 2.75 bits per heavy atom. The molecule has 0 saturated heterocycles. The molecule has 1 rings (SSSR count). The number of aromatic amines is 1. The monoisotopic (exact) mass is 243 g/mol. The van der Waals surface area contributed by atoms with Crippen molar-refractivity contribution in [2.45, 2.75) is 37.9 Å². The summed E-state index contributed by atoms with van der Waals surface area (Å²) >= 11 is 1.27. The highest BCUT2D eigenvalue weighted by atomic mass is 32.2. The highest BCUT2D eigenvalue weighted by Gasteiger charge is 2.10. The Morgan fingerprint density at radius 1 is 1.56 bits per heavy atom. The molecule has 4 N–H and O–H groups in total. The number of aromatic nitrogens is 3. The lowest BCUT2D eigenvalue weighted by molar-refractivity contribution is -0.119. The lowest BCUT2D eigenvalue weighted by Gasteiger charge is -2.13. The second-order valence-electron chi connectivity index (χ2n) is 3.37. The van der Waals surface area contributed by atoms with Crippen LogP contribution in [0.2, 0.25) is 0 Å². The molecule has 1 aromatic rings. The molecule has 0 fully saturated rings. The van der Waals surface area contributed by atoms with Gasteiger partial charge in [0, 0.05) is 6.04 Å². The van der Waals surface area contributed by atoms with Crippen molar-refractivity contribution in [3.05, 3.63) is 0 Å². The van der Waals surface area contributed by atoms with Gasteiger partial charge in [-0.3, -0.25) is 4.79 Å². The van der Waals surface area contributed by atoms with Crippen molar-refractivity contribution in [3.63, 3.8) is 0 Å². The summed E-state index contributed by atoms with van der Waals surface area (Å²) in [5, 5.41) is 9.78. The predicted molar refractivity (Wildman–Crippen MR) is 64.0 cm³/mol. The van der Waals surface area contributed by atoms with Crippen LogP contribution in [0.4, 0.5) is 5.95 Å². The Morgan fingerprint density at radius 2 is 2.25 bits per heavy atom. The summed E-state index contributed by atoms with van der Waals surface area (Å²) < 4.78 is 0. The van der Waals surface area contributed by atoms with E-state index in [1.54, 1.807) is 0 Å². The fourth-order valence-corrected chi connectivity index (χ4v) is 1.83. The minimum atomic E-state index is 0.00192. The molecular weight excluding hydrogens is 226 g/mol. The topological polar surface area (TPSA) is 96.7 Å². The third kappa shape index (κ3) is 4.09. The van der Waals surface area contributed by atoms with Crippen molar-refractivity contribution in [1.82, 2.24) is 20.5 Å². The van der Waals surface area contributed by atoms with E-state index in [0.717, 1.165) is 12.8 Å². The number of nitrogens with one attached hydrogen (secondary N) is 2. The maximum Gasteiger partial charge on any atom is 0.230 e. The molecule has 0 atom stereocenters. The van der Waals surface area contributed by atoms with Gasteiger partial charge in [0.25, 0.3) is 0 Å². The summed E-state index contributed by atoms with van der Waals surface area (Å²) in [7, 11) is 0. The number of nitrogens with zero attached hydrogens (tertiary/aromatic N) is 2. The molecule has 1 amide bonds. The SMILES string of the molecule is CCC(CC)NC(=O)CSc1n[nH]c(N)n1. The third-order valence-electron chi connectivity index (χ3n) is 2.17. The second kappa shape index (κ2) is 6.37. The molecule has 90 valence electrons. The first-order valence-electron chi connectivity index (χ1n) is 5.25. The maximum absolute atomic E-state index is 11.5. The fraction of sp³-hybridized carbons (Fsp3) is 0.667. The Balaban J connectivity index is 2.30. The molecule has 0 unspecified atom stereocenters. The molecule has 0 radical (unpaired) electrons. The summed E-state index contributed by atoms with van der Waals surface area (Å²) in [6.45, 7) is 4.11. The smallest absolute Gasteiger partial charge is 0.230 e. The van der Waals surface area contributed by atoms with Gasteiger partial charge in [0.05, 0.1) is 5.75 Å². The summed E-state index contributed by atoms with van der Waals surface area (Å²) in [4.78, 5) is 15.4. The minimum Gasteiger partial charge on any atom is -0.368 e. The first kappa shape index (κ1) is 12.8. The number of carbonyl (C=O) groups is 1. The van der Waals surface area contributed by atoms with Crippen molar-refractivity contribution < 1.29 is 4.79 Å². The molecule has 6 nitrogen and oxygen atoms in total. The predicted octanol–water partition coefficient (Wildman–Crippen LogP) is 0.784. The lowest BCUT2D eigenvalue weighted by atomic mass is 10.2. The first-order valence-corrected chi connectivity index (χ1v) is 6.24. The van der Waals surface area contributed by atoms with E-state index in [2.05, 4.69) is 34.3 Å². The van der Waals surface area contributed by atoms with Gasteiger partial charge in [-0.05, 0) is 12.8 Å². The van der Waals surface area contributed by atoms with E-state index in [9.17, 15) is 4.79 Å². The van der Waals surface area contributed by atoms with E-state index in [4.69, 9.17) is 5.73 Å². The highest BCUT2D eigenvalue weighted by Crippen LogP contribution is 2.12. The molecule has 0 aliphatic rings. The molecular formula is C9H17N5OS. The van der Waals surface area contributed by atoms with Gasteiger partial charge >= 0.3 is 0 Å².